The molecule has 0 fully saturated rings. The molecule has 0 radical (unpaired) electrons. The van der Waals surface area contributed by atoms with Gasteiger partial charge in [0.1, 0.15) is 0 Å². The standard InChI is InChI=1S/C20H15N5O3/c1-14-11-19-22-16(5-4-15-3-2-10-21-13-15)12-20(26)24(19)23(14)17-6-8-18(9-7-17)25(27)28/h2-13H,1H3/b5-4+. The zero-order chi connectivity index (χ0) is 19.7. The van der Waals surface area contributed by atoms with Crippen LogP contribution in [0.25, 0.3) is 23.5 Å². The molecule has 0 atom stereocenters. The molecule has 0 saturated carbocycles. The predicted molar refractivity (Wildman–Crippen MR) is 105 cm³/mol. The minimum atomic E-state index is -0.459. The van der Waals surface area contributed by atoms with Crippen molar-refractivity contribution in [3.8, 4) is 5.69 Å². The number of aryl methyl sites for hydroxylation is 1. The van der Waals surface area contributed by atoms with Gasteiger partial charge in [0.05, 0.1) is 16.3 Å². The molecule has 0 amide bonds. The lowest BCUT2D eigenvalue weighted by molar-refractivity contribution is -0.384. The van der Waals surface area contributed by atoms with Crippen LogP contribution in [0.15, 0.2) is 65.7 Å². The Labute approximate surface area is 159 Å². The second kappa shape index (κ2) is 6.92. The lowest BCUT2D eigenvalue weighted by Crippen LogP contribution is -2.20. The minimum Gasteiger partial charge on any atom is -0.267 e. The summed E-state index contributed by atoms with van der Waals surface area (Å²) in [6.45, 7) is 1.85. The van der Waals surface area contributed by atoms with Crippen molar-refractivity contribution in [2.24, 2.45) is 0 Å². The highest BCUT2D eigenvalue weighted by molar-refractivity contribution is 5.68. The van der Waals surface area contributed by atoms with Gasteiger partial charge in [0.15, 0.2) is 5.65 Å². The molecule has 4 rings (SSSR count). The van der Waals surface area contributed by atoms with Gasteiger partial charge >= 0.3 is 0 Å². The minimum absolute atomic E-state index is 0.00818. The van der Waals surface area contributed by atoms with E-state index in [9.17, 15) is 14.9 Å². The van der Waals surface area contributed by atoms with E-state index in [1.54, 1.807) is 41.4 Å². The summed E-state index contributed by atoms with van der Waals surface area (Å²) < 4.78 is 3.13. The van der Waals surface area contributed by atoms with Crippen molar-refractivity contribution >= 4 is 23.5 Å². The molecule has 0 aliphatic rings. The number of pyridine rings is 1. The number of nitro groups is 1. The van der Waals surface area contributed by atoms with E-state index in [0.29, 0.717) is 17.0 Å². The maximum absolute atomic E-state index is 12.7. The number of hydrogen-bond donors (Lipinski definition) is 0. The van der Waals surface area contributed by atoms with Crippen molar-refractivity contribution in [3.63, 3.8) is 0 Å². The van der Waals surface area contributed by atoms with Gasteiger partial charge in [-0.25, -0.2) is 9.67 Å². The Morgan fingerprint density at radius 3 is 2.57 bits per heavy atom. The van der Waals surface area contributed by atoms with Crippen molar-refractivity contribution in [1.29, 1.82) is 0 Å². The summed E-state index contributed by atoms with van der Waals surface area (Å²) in [4.78, 5) is 31.7. The normalized spacial score (nSPS) is 11.3. The molecule has 3 aromatic heterocycles. The van der Waals surface area contributed by atoms with Crippen molar-refractivity contribution in [3.05, 3.63) is 98.3 Å². The van der Waals surface area contributed by atoms with E-state index in [1.165, 1.54) is 22.7 Å². The predicted octanol–water partition coefficient (Wildman–Crippen LogP) is 3.27. The van der Waals surface area contributed by atoms with Crippen LogP contribution < -0.4 is 5.56 Å². The van der Waals surface area contributed by atoms with E-state index in [0.717, 1.165) is 11.3 Å². The highest BCUT2D eigenvalue weighted by Gasteiger charge is 2.12. The lowest BCUT2D eigenvalue weighted by atomic mass is 10.2. The van der Waals surface area contributed by atoms with Gasteiger partial charge in [-0.05, 0) is 36.8 Å². The second-order valence-electron chi connectivity index (χ2n) is 6.18. The lowest BCUT2D eigenvalue weighted by Gasteiger charge is -2.08. The Balaban J connectivity index is 1.78. The molecule has 0 unspecified atom stereocenters. The molecular formula is C20H15N5O3. The molecule has 0 N–H and O–H groups in total. The van der Waals surface area contributed by atoms with Gasteiger partial charge < -0.3 is 0 Å². The largest absolute Gasteiger partial charge is 0.273 e. The summed E-state index contributed by atoms with van der Waals surface area (Å²) in [7, 11) is 0. The van der Waals surface area contributed by atoms with Crippen LogP contribution in [0.2, 0.25) is 0 Å². The molecule has 138 valence electrons. The van der Waals surface area contributed by atoms with Gasteiger partial charge in [0, 0.05) is 42.4 Å². The van der Waals surface area contributed by atoms with Crippen LogP contribution in [0.3, 0.4) is 0 Å². The molecule has 0 spiro atoms. The van der Waals surface area contributed by atoms with E-state index < -0.39 is 4.92 Å². The number of benzene rings is 1. The molecule has 0 bridgehead atoms. The van der Waals surface area contributed by atoms with Crippen molar-refractivity contribution in [2.75, 3.05) is 0 Å². The Morgan fingerprint density at radius 1 is 1.11 bits per heavy atom. The molecule has 3 heterocycles. The molecule has 0 saturated heterocycles. The van der Waals surface area contributed by atoms with Crippen LogP contribution >= 0.6 is 0 Å². The number of fused-ring (bicyclic) bond motifs is 1. The van der Waals surface area contributed by atoms with E-state index in [2.05, 4.69) is 9.97 Å². The number of hydrogen-bond acceptors (Lipinski definition) is 5. The van der Waals surface area contributed by atoms with Crippen molar-refractivity contribution in [1.82, 2.24) is 19.2 Å². The maximum atomic E-state index is 12.7. The van der Waals surface area contributed by atoms with E-state index in [-0.39, 0.29) is 11.2 Å². The Hall–Kier alpha value is -4.07. The first-order valence-electron chi connectivity index (χ1n) is 8.48. The molecule has 0 aliphatic heterocycles. The van der Waals surface area contributed by atoms with Crippen LogP contribution in [-0.4, -0.2) is 24.1 Å². The fraction of sp³-hybridized carbons (Fsp3) is 0.0500. The average molecular weight is 373 g/mol. The van der Waals surface area contributed by atoms with Crippen molar-refractivity contribution < 1.29 is 4.92 Å². The third kappa shape index (κ3) is 3.18. The number of aromatic nitrogens is 4. The average Bonchev–Trinajstić information content (AvgIpc) is 3.03. The van der Waals surface area contributed by atoms with Crippen LogP contribution in [0.1, 0.15) is 17.0 Å². The van der Waals surface area contributed by atoms with Gasteiger partial charge in [-0.15, -0.1) is 0 Å². The number of nitrogens with zero attached hydrogens (tertiary/aromatic N) is 5. The molecule has 1 aromatic carbocycles. The third-order valence-corrected chi connectivity index (χ3v) is 4.25. The van der Waals surface area contributed by atoms with Crippen molar-refractivity contribution in [2.45, 2.75) is 6.92 Å². The first-order valence-corrected chi connectivity index (χ1v) is 8.48. The van der Waals surface area contributed by atoms with Crippen LogP contribution in [0.5, 0.6) is 0 Å². The molecule has 8 nitrogen and oxygen atoms in total. The number of rotatable bonds is 4. The quantitative estimate of drug-likeness (QED) is 0.404. The van der Waals surface area contributed by atoms with Gasteiger partial charge in [0.2, 0.25) is 0 Å². The topological polar surface area (TPSA) is 95.3 Å². The fourth-order valence-corrected chi connectivity index (χ4v) is 2.99. The summed E-state index contributed by atoms with van der Waals surface area (Å²) >= 11 is 0. The number of non-ortho nitro benzene ring substituents is 1. The summed E-state index contributed by atoms with van der Waals surface area (Å²) in [6.07, 6.45) is 7.01. The first-order chi connectivity index (χ1) is 13.5. The maximum Gasteiger partial charge on any atom is 0.273 e. The van der Waals surface area contributed by atoms with E-state index in [4.69, 9.17) is 0 Å². The third-order valence-electron chi connectivity index (χ3n) is 4.25. The zero-order valence-electron chi connectivity index (χ0n) is 14.9. The SMILES string of the molecule is Cc1cc2nc(/C=C/c3cccnc3)cc(=O)n2n1-c1ccc([N+](=O)[O-])cc1. The molecular weight excluding hydrogens is 358 g/mol. The van der Waals surface area contributed by atoms with Gasteiger partial charge in [-0.3, -0.25) is 19.9 Å². The summed E-state index contributed by atoms with van der Waals surface area (Å²) in [5, 5.41) is 10.9. The fourth-order valence-electron chi connectivity index (χ4n) is 2.99. The molecule has 28 heavy (non-hydrogen) atoms. The Bertz CT molecular complexity index is 1250. The number of nitro benzene ring substituents is 1. The summed E-state index contributed by atoms with van der Waals surface area (Å²) in [5.74, 6) is 0. The first kappa shape index (κ1) is 17.3. The molecule has 0 aliphatic carbocycles. The van der Waals surface area contributed by atoms with E-state index in [1.807, 2.05) is 25.1 Å². The van der Waals surface area contributed by atoms with Crippen LogP contribution in [0.4, 0.5) is 5.69 Å². The van der Waals surface area contributed by atoms with Gasteiger partial charge in [-0.2, -0.15) is 4.52 Å². The Morgan fingerprint density at radius 2 is 1.89 bits per heavy atom. The van der Waals surface area contributed by atoms with Gasteiger partial charge in [0.25, 0.3) is 11.2 Å². The highest BCUT2D eigenvalue weighted by atomic mass is 16.6. The monoisotopic (exact) mass is 373 g/mol. The summed E-state index contributed by atoms with van der Waals surface area (Å²) in [6, 6.07) is 13.0. The second-order valence-corrected chi connectivity index (χ2v) is 6.18. The zero-order valence-corrected chi connectivity index (χ0v) is 14.9. The Kier molecular flexibility index (Phi) is 4.29. The van der Waals surface area contributed by atoms with E-state index >= 15 is 0 Å². The van der Waals surface area contributed by atoms with Gasteiger partial charge in [-0.1, -0.05) is 12.1 Å². The summed E-state index contributed by atoms with van der Waals surface area (Å²) in [5.41, 5.74) is 3.11. The van der Waals surface area contributed by atoms with Crippen LogP contribution in [-0.2, 0) is 0 Å². The highest BCUT2D eigenvalue weighted by Crippen LogP contribution is 2.18. The van der Waals surface area contributed by atoms with Crippen LogP contribution in [0, 0.1) is 17.0 Å². The smallest absolute Gasteiger partial charge is 0.267 e. The molecule has 8 heteroatoms. The molecule has 4 aromatic rings.